The van der Waals surface area contributed by atoms with Crippen molar-refractivity contribution >= 4 is 0 Å². The van der Waals surface area contributed by atoms with Crippen LogP contribution < -0.4 is 0 Å². The van der Waals surface area contributed by atoms with E-state index >= 15 is 0 Å². The first-order valence-electron chi connectivity index (χ1n) is 8.63. The number of aliphatic hydroxyl groups excluding tert-OH is 5. The molecular weight excluding hydrogens is 316 g/mol. The molecule has 0 radical (unpaired) electrons. The third-order valence-corrected chi connectivity index (χ3v) is 5.27. The number of hydrogen-bond donors (Lipinski definition) is 6. The van der Waals surface area contributed by atoms with Crippen molar-refractivity contribution in [3.63, 3.8) is 0 Å². The van der Waals surface area contributed by atoms with Gasteiger partial charge in [0.05, 0.1) is 44.2 Å². The van der Waals surface area contributed by atoms with Gasteiger partial charge in [0, 0.05) is 5.41 Å². The number of rotatable bonds is 8. The lowest BCUT2D eigenvalue weighted by Gasteiger charge is -2.46. The van der Waals surface area contributed by atoms with Crippen molar-refractivity contribution in [2.75, 3.05) is 33.0 Å². The van der Waals surface area contributed by atoms with Crippen molar-refractivity contribution in [2.24, 2.45) is 5.41 Å². The molecule has 1 aliphatic rings. The number of ether oxygens (including phenoxy) is 1. The van der Waals surface area contributed by atoms with Crippen LogP contribution in [0.4, 0.5) is 0 Å². The SMILES string of the molecule is CC1(O)CCCCC1(C)OCC(O)CO.CCC(CO)(CO)CO. The topological polar surface area (TPSA) is 131 Å². The molecule has 7 heteroatoms. The Morgan fingerprint density at radius 3 is 1.83 bits per heavy atom. The minimum absolute atomic E-state index is 0.0726. The first-order valence-corrected chi connectivity index (χ1v) is 8.63. The highest BCUT2D eigenvalue weighted by Crippen LogP contribution is 2.39. The van der Waals surface area contributed by atoms with Gasteiger partial charge in [-0.05, 0) is 33.1 Å². The summed E-state index contributed by atoms with van der Waals surface area (Å²) in [5.74, 6) is 0. The van der Waals surface area contributed by atoms with Crippen LogP contribution in [0.25, 0.3) is 0 Å². The van der Waals surface area contributed by atoms with Crippen molar-refractivity contribution in [2.45, 2.75) is 70.2 Å². The van der Waals surface area contributed by atoms with Crippen molar-refractivity contribution in [1.29, 1.82) is 0 Å². The largest absolute Gasteiger partial charge is 0.396 e. The molecule has 146 valence electrons. The van der Waals surface area contributed by atoms with E-state index in [1.807, 2.05) is 13.8 Å². The van der Waals surface area contributed by atoms with Crippen LogP contribution in [0.3, 0.4) is 0 Å². The molecule has 0 spiro atoms. The Morgan fingerprint density at radius 2 is 1.50 bits per heavy atom. The van der Waals surface area contributed by atoms with Gasteiger partial charge in [0.2, 0.25) is 0 Å². The van der Waals surface area contributed by atoms with Crippen LogP contribution in [0.15, 0.2) is 0 Å². The summed E-state index contributed by atoms with van der Waals surface area (Å²) in [6.45, 7) is 4.77. The first kappa shape index (κ1) is 23.7. The fourth-order valence-electron chi connectivity index (χ4n) is 2.51. The Labute approximate surface area is 144 Å². The van der Waals surface area contributed by atoms with E-state index in [0.717, 1.165) is 25.7 Å². The minimum Gasteiger partial charge on any atom is -0.396 e. The summed E-state index contributed by atoms with van der Waals surface area (Å²) < 4.78 is 5.58. The molecule has 0 saturated heterocycles. The molecule has 0 aromatic rings. The van der Waals surface area contributed by atoms with Crippen LogP contribution >= 0.6 is 0 Å². The number of hydrogen-bond acceptors (Lipinski definition) is 7. The van der Waals surface area contributed by atoms with Crippen molar-refractivity contribution in [1.82, 2.24) is 0 Å². The highest BCUT2D eigenvalue weighted by molar-refractivity contribution is 4.98. The fourth-order valence-corrected chi connectivity index (χ4v) is 2.51. The molecule has 24 heavy (non-hydrogen) atoms. The predicted molar refractivity (Wildman–Crippen MR) is 90.5 cm³/mol. The first-order chi connectivity index (χ1) is 11.2. The quantitative estimate of drug-likeness (QED) is 0.357. The third kappa shape index (κ3) is 6.55. The Morgan fingerprint density at radius 1 is 1.00 bits per heavy atom. The second-order valence-corrected chi connectivity index (χ2v) is 7.19. The summed E-state index contributed by atoms with van der Waals surface area (Å²) >= 11 is 0. The normalized spacial score (nSPS) is 28.9. The fraction of sp³-hybridized carbons (Fsp3) is 1.00. The molecule has 0 aromatic heterocycles. The highest BCUT2D eigenvalue weighted by atomic mass is 16.5. The molecule has 0 heterocycles. The summed E-state index contributed by atoms with van der Waals surface area (Å²) in [4.78, 5) is 0. The average Bonchev–Trinajstić information content (AvgIpc) is 2.59. The van der Waals surface area contributed by atoms with E-state index in [9.17, 15) is 10.2 Å². The zero-order chi connectivity index (χ0) is 18.9. The van der Waals surface area contributed by atoms with E-state index in [2.05, 4.69) is 0 Å². The van der Waals surface area contributed by atoms with Crippen LogP contribution in [0.5, 0.6) is 0 Å². The van der Waals surface area contributed by atoms with Gasteiger partial charge in [-0.25, -0.2) is 0 Å². The van der Waals surface area contributed by atoms with E-state index in [4.69, 9.17) is 25.2 Å². The van der Waals surface area contributed by atoms with Gasteiger partial charge in [-0.2, -0.15) is 0 Å². The maximum atomic E-state index is 10.2. The summed E-state index contributed by atoms with van der Waals surface area (Å²) in [6, 6.07) is 0. The second kappa shape index (κ2) is 10.7. The maximum absolute atomic E-state index is 10.2. The zero-order valence-corrected chi connectivity index (χ0v) is 15.2. The van der Waals surface area contributed by atoms with Gasteiger partial charge in [0.15, 0.2) is 0 Å². The van der Waals surface area contributed by atoms with E-state index in [0.29, 0.717) is 6.42 Å². The summed E-state index contributed by atoms with van der Waals surface area (Å²) in [6.07, 6.45) is 3.28. The van der Waals surface area contributed by atoms with Gasteiger partial charge in [-0.15, -0.1) is 0 Å². The van der Waals surface area contributed by atoms with Crippen LogP contribution in [0, 0.1) is 5.41 Å². The van der Waals surface area contributed by atoms with E-state index < -0.39 is 22.7 Å². The standard InChI is InChI=1S/C11H22O4.C6H14O3/c1-10(14)5-3-4-6-11(10,2)15-8-9(13)7-12;1-2-6(3-7,4-8)5-9/h9,12-14H,3-8H2,1-2H3;7-9H,2-5H2,1H3. The van der Waals surface area contributed by atoms with Crippen molar-refractivity contribution in [3.8, 4) is 0 Å². The highest BCUT2D eigenvalue weighted by Gasteiger charge is 2.46. The maximum Gasteiger partial charge on any atom is 0.100 e. The summed E-state index contributed by atoms with van der Waals surface area (Å²) in [5, 5.41) is 54.1. The molecule has 3 unspecified atom stereocenters. The minimum atomic E-state index is -0.862. The molecule has 3 atom stereocenters. The van der Waals surface area contributed by atoms with Gasteiger partial charge in [-0.1, -0.05) is 19.8 Å². The van der Waals surface area contributed by atoms with Crippen LogP contribution in [-0.2, 0) is 4.74 Å². The Kier molecular flexibility index (Phi) is 10.5. The predicted octanol–water partition coefficient (Wildman–Crippen LogP) is -0.200. The van der Waals surface area contributed by atoms with Gasteiger partial charge >= 0.3 is 0 Å². The third-order valence-electron chi connectivity index (χ3n) is 5.27. The lowest BCUT2D eigenvalue weighted by atomic mass is 9.74. The van der Waals surface area contributed by atoms with Crippen LogP contribution in [-0.4, -0.2) is 81.0 Å². The molecule has 0 aromatic carbocycles. The molecule has 1 fully saturated rings. The van der Waals surface area contributed by atoms with Gasteiger partial charge in [-0.3, -0.25) is 0 Å². The molecule has 0 aliphatic heterocycles. The van der Waals surface area contributed by atoms with E-state index in [1.165, 1.54) is 0 Å². The molecule has 0 amide bonds. The molecule has 1 rings (SSSR count). The monoisotopic (exact) mass is 352 g/mol. The smallest absolute Gasteiger partial charge is 0.100 e. The zero-order valence-electron chi connectivity index (χ0n) is 15.2. The Hall–Kier alpha value is -0.280. The molecule has 1 aliphatic carbocycles. The van der Waals surface area contributed by atoms with Gasteiger partial charge < -0.3 is 35.4 Å². The van der Waals surface area contributed by atoms with Crippen LogP contribution in [0.1, 0.15) is 52.9 Å². The average molecular weight is 352 g/mol. The Balaban J connectivity index is 0.000000506. The summed E-state index contributed by atoms with van der Waals surface area (Å²) in [7, 11) is 0. The van der Waals surface area contributed by atoms with Crippen molar-refractivity contribution in [3.05, 3.63) is 0 Å². The molecule has 1 saturated carbocycles. The lowest BCUT2D eigenvalue weighted by Crippen LogP contribution is -2.54. The summed E-state index contributed by atoms with van der Waals surface area (Å²) in [5.41, 5.74) is -2.12. The van der Waals surface area contributed by atoms with E-state index in [1.54, 1.807) is 6.92 Å². The Bertz CT molecular complexity index is 313. The second-order valence-electron chi connectivity index (χ2n) is 7.19. The lowest BCUT2D eigenvalue weighted by molar-refractivity contribution is -0.198. The van der Waals surface area contributed by atoms with Crippen LogP contribution in [0.2, 0.25) is 0 Å². The molecule has 0 bridgehead atoms. The molecule has 7 nitrogen and oxygen atoms in total. The van der Waals surface area contributed by atoms with Gasteiger partial charge in [0.25, 0.3) is 0 Å². The molecule has 6 N–H and O–H groups in total. The van der Waals surface area contributed by atoms with Crippen molar-refractivity contribution < 1.29 is 35.4 Å². The number of aliphatic hydroxyl groups is 6. The van der Waals surface area contributed by atoms with Gasteiger partial charge in [0.1, 0.15) is 6.10 Å². The van der Waals surface area contributed by atoms with E-state index in [-0.39, 0.29) is 33.0 Å². The molecular formula is C17H36O7.